The maximum atomic E-state index is 12.0. The van der Waals surface area contributed by atoms with Gasteiger partial charge in [0.2, 0.25) is 0 Å². The molecule has 1 saturated heterocycles. The Bertz CT molecular complexity index is 268. The summed E-state index contributed by atoms with van der Waals surface area (Å²) in [6.07, 6.45) is 7.07. The third-order valence-electron chi connectivity index (χ3n) is 2.30. The van der Waals surface area contributed by atoms with E-state index in [-0.39, 0.29) is 5.25 Å². The van der Waals surface area contributed by atoms with E-state index in [1.165, 1.54) is 0 Å². The Hall–Kier alpha value is -0.710. The zero-order valence-corrected chi connectivity index (χ0v) is 10.6. The van der Waals surface area contributed by atoms with Crippen LogP contribution in [0.4, 0.5) is 0 Å². The van der Waals surface area contributed by atoms with Gasteiger partial charge in [0.15, 0.2) is 0 Å². The number of aliphatic hydroxyl groups excluding tert-OH is 1. The number of rotatable bonds is 4. The Morgan fingerprint density at radius 3 is 2.38 bits per heavy atom. The lowest BCUT2D eigenvalue weighted by Gasteiger charge is -2.22. The van der Waals surface area contributed by atoms with Gasteiger partial charge in [-0.25, -0.2) is 0 Å². The van der Waals surface area contributed by atoms with Crippen molar-refractivity contribution in [1.82, 2.24) is 5.32 Å². The number of nitrogens with one attached hydrogen (secondary N) is 1. The van der Waals surface area contributed by atoms with Crippen LogP contribution in [-0.2, 0) is 10.8 Å². The summed E-state index contributed by atoms with van der Waals surface area (Å²) in [5.41, 5.74) is 0. The van der Waals surface area contributed by atoms with Crippen molar-refractivity contribution < 1.29 is 9.32 Å². The predicted molar refractivity (Wildman–Crippen MR) is 70.7 cm³/mol. The summed E-state index contributed by atoms with van der Waals surface area (Å²) in [4.78, 5) is 0.798. The normalized spacial score (nSPS) is 19.2. The lowest BCUT2D eigenvalue weighted by Crippen LogP contribution is -2.33. The molecule has 0 aromatic heterocycles. The molecule has 0 saturated carbocycles. The van der Waals surface area contributed by atoms with Crippen LogP contribution in [0.5, 0.6) is 0 Å². The van der Waals surface area contributed by atoms with Crippen LogP contribution >= 0.6 is 0 Å². The van der Waals surface area contributed by atoms with Crippen LogP contribution in [0.15, 0.2) is 36.3 Å². The number of aliphatic hydroxyl groups is 1. The second kappa shape index (κ2) is 9.51. The first-order valence-electron chi connectivity index (χ1n) is 5.30. The van der Waals surface area contributed by atoms with E-state index in [4.69, 9.17) is 5.11 Å². The maximum Gasteiger partial charge on any atom is 0.0561 e. The van der Waals surface area contributed by atoms with Gasteiger partial charge >= 0.3 is 0 Å². The zero-order chi connectivity index (χ0) is 12.4. The quantitative estimate of drug-likeness (QED) is 0.733. The van der Waals surface area contributed by atoms with Crippen molar-refractivity contribution in [2.75, 3.05) is 20.2 Å². The molecule has 2 N–H and O–H groups in total. The molecule has 1 atom stereocenters. The van der Waals surface area contributed by atoms with Crippen molar-refractivity contribution in [2.24, 2.45) is 0 Å². The first-order valence-corrected chi connectivity index (χ1v) is 6.52. The summed E-state index contributed by atoms with van der Waals surface area (Å²) in [6, 6.07) is 0. The second-order valence-electron chi connectivity index (χ2n) is 3.26. The highest BCUT2D eigenvalue weighted by Gasteiger charge is 2.20. The van der Waals surface area contributed by atoms with Crippen LogP contribution in [-0.4, -0.2) is 34.8 Å². The molecule has 92 valence electrons. The number of hydrogen-bond acceptors (Lipinski definition) is 3. The Morgan fingerprint density at radius 1 is 1.38 bits per heavy atom. The number of piperidine rings is 1. The van der Waals surface area contributed by atoms with Crippen molar-refractivity contribution in [3.05, 3.63) is 36.3 Å². The Morgan fingerprint density at radius 2 is 1.94 bits per heavy atom. The van der Waals surface area contributed by atoms with E-state index in [1.807, 2.05) is 0 Å². The van der Waals surface area contributed by atoms with E-state index in [2.05, 4.69) is 18.5 Å². The molecule has 1 heterocycles. The van der Waals surface area contributed by atoms with E-state index in [9.17, 15) is 4.21 Å². The van der Waals surface area contributed by atoms with Crippen molar-refractivity contribution in [3.63, 3.8) is 0 Å². The molecule has 0 aromatic carbocycles. The van der Waals surface area contributed by atoms with Gasteiger partial charge < -0.3 is 10.4 Å². The average molecular weight is 243 g/mol. The average Bonchev–Trinajstić information content (AvgIpc) is 2.38. The van der Waals surface area contributed by atoms with Crippen molar-refractivity contribution in [1.29, 1.82) is 0 Å². The summed E-state index contributed by atoms with van der Waals surface area (Å²) in [7, 11) is 0.0877. The van der Waals surface area contributed by atoms with Crippen LogP contribution < -0.4 is 5.32 Å². The summed E-state index contributed by atoms with van der Waals surface area (Å²) >= 11 is 0. The standard InChI is InChI=1S/C11H17NOS.CH4O/c1-3-5-10(4-2)14(13)11-6-8-12-9-7-11;1-2/h3-5,11-12H,1-2,6-9H2;2H,1H3/b10-5+;. The third-order valence-corrected chi connectivity index (χ3v) is 4.15. The van der Waals surface area contributed by atoms with E-state index < -0.39 is 10.8 Å². The molecule has 0 aromatic rings. The van der Waals surface area contributed by atoms with E-state index in [0.717, 1.165) is 37.9 Å². The molecule has 16 heavy (non-hydrogen) atoms. The van der Waals surface area contributed by atoms with Crippen LogP contribution in [0.1, 0.15) is 12.8 Å². The smallest absolute Gasteiger partial charge is 0.0561 e. The molecule has 1 fully saturated rings. The summed E-state index contributed by atoms with van der Waals surface area (Å²) < 4.78 is 12.0. The Kier molecular flexibility index (Phi) is 9.09. The minimum Gasteiger partial charge on any atom is -0.400 e. The Labute approximate surface area is 100 Å². The predicted octanol–water partition coefficient (Wildman–Crippen LogP) is 1.35. The monoisotopic (exact) mass is 243 g/mol. The fraction of sp³-hybridized carbons (Fsp3) is 0.500. The fourth-order valence-electron chi connectivity index (χ4n) is 1.54. The van der Waals surface area contributed by atoms with Crippen LogP contribution in [0.25, 0.3) is 0 Å². The maximum absolute atomic E-state index is 12.0. The third kappa shape index (κ3) is 4.88. The summed E-state index contributed by atoms with van der Waals surface area (Å²) in [5, 5.41) is 10.5. The highest BCUT2D eigenvalue weighted by atomic mass is 32.2. The second-order valence-corrected chi connectivity index (χ2v) is 4.99. The molecule has 1 unspecified atom stereocenters. The van der Waals surface area contributed by atoms with Crippen LogP contribution in [0.3, 0.4) is 0 Å². The van der Waals surface area contributed by atoms with Gasteiger partial charge in [0.1, 0.15) is 0 Å². The molecule has 1 aliphatic rings. The molecule has 0 amide bonds. The van der Waals surface area contributed by atoms with Gasteiger partial charge in [0, 0.05) is 17.3 Å². The minimum absolute atomic E-state index is 0.278. The molecule has 0 bridgehead atoms. The molecular weight excluding hydrogens is 222 g/mol. The number of allylic oxidation sites excluding steroid dienone is 3. The highest BCUT2D eigenvalue weighted by Crippen LogP contribution is 2.17. The SMILES string of the molecule is C=C/C=C(\C=C)S(=O)C1CCNCC1.CO. The van der Waals surface area contributed by atoms with Crippen LogP contribution in [0, 0.1) is 0 Å². The van der Waals surface area contributed by atoms with Crippen molar-refractivity contribution >= 4 is 10.8 Å². The van der Waals surface area contributed by atoms with E-state index >= 15 is 0 Å². The molecular formula is C12H21NO2S. The van der Waals surface area contributed by atoms with Gasteiger partial charge in [0.25, 0.3) is 0 Å². The molecule has 1 aliphatic heterocycles. The Balaban J connectivity index is 0.00000106. The molecule has 1 rings (SSSR count). The fourth-order valence-corrected chi connectivity index (χ4v) is 2.98. The summed E-state index contributed by atoms with van der Waals surface area (Å²) in [6.45, 7) is 9.21. The zero-order valence-electron chi connectivity index (χ0n) is 9.82. The largest absolute Gasteiger partial charge is 0.400 e. The molecule has 0 radical (unpaired) electrons. The van der Waals surface area contributed by atoms with E-state index in [1.54, 1.807) is 18.2 Å². The lowest BCUT2D eigenvalue weighted by atomic mass is 10.2. The van der Waals surface area contributed by atoms with Gasteiger partial charge in [0.05, 0.1) is 10.8 Å². The van der Waals surface area contributed by atoms with Gasteiger partial charge in [-0.2, -0.15) is 0 Å². The molecule has 0 spiro atoms. The molecule has 4 heteroatoms. The summed E-state index contributed by atoms with van der Waals surface area (Å²) in [5.74, 6) is 0. The van der Waals surface area contributed by atoms with Gasteiger partial charge in [-0.15, -0.1) is 0 Å². The van der Waals surface area contributed by atoms with Crippen LogP contribution in [0.2, 0.25) is 0 Å². The molecule has 3 nitrogen and oxygen atoms in total. The number of hydrogen-bond donors (Lipinski definition) is 2. The highest BCUT2D eigenvalue weighted by molar-refractivity contribution is 7.89. The minimum atomic E-state index is -0.912. The van der Waals surface area contributed by atoms with Crippen molar-refractivity contribution in [3.8, 4) is 0 Å². The van der Waals surface area contributed by atoms with Gasteiger partial charge in [-0.05, 0) is 32.0 Å². The first-order chi connectivity index (χ1) is 7.79. The lowest BCUT2D eigenvalue weighted by molar-refractivity contribution is 0.399. The topological polar surface area (TPSA) is 49.3 Å². The molecule has 0 aliphatic carbocycles. The first kappa shape index (κ1) is 15.3. The van der Waals surface area contributed by atoms with Crippen molar-refractivity contribution in [2.45, 2.75) is 18.1 Å². The van der Waals surface area contributed by atoms with Gasteiger partial charge in [-0.1, -0.05) is 25.3 Å². The van der Waals surface area contributed by atoms with Gasteiger partial charge in [-0.3, -0.25) is 4.21 Å². The van der Waals surface area contributed by atoms with E-state index in [0.29, 0.717) is 0 Å².